The summed E-state index contributed by atoms with van der Waals surface area (Å²) in [5.41, 5.74) is 11.1. The van der Waals surface area contributed by atoms with Crippen LogP contribution in [0.4, 0.5) is 11.4 Å². The van der Waals surface area contributed by atoms with E-state index in [-0.39, 0.29) is 11.2 Å². The van der Waals surface area contributed by atoms with Crippen LogP contribution in [0.5, 0.6) is 0 Å². The van der Waals surface area contributed by atoms with Gasteiger partial charge in [0.15, 0.2) is 0 Å². The summed E-state index contributed by atoms with van der Waals surface area (Å²) in [7, 11) is 0. The third-order valence-corrected chi connectivity index (χ3v) is 1.58. The molecule has 4 nitrogen and oxygen atoms in total. The highest BCUT2D eigenvalue weighted by molar-refractivity contribution is 5.60. The predicted octanol–water partition coefficient (Wildman–Crippen LogP) is 0.0326. The molecule has 0 aromatic carbocycles. The largest absolute Gasteiger partial charge is 0.397 e. The zero-order valence-corrected chi connectivity index (χ0v) is 6.37. The second-order valence-electron chi connectivity index (χ2n) is 2.28. The Balaban J connectivity index is 3.37. The molecular weight excluding hydrogens is 142 g/mol. The Hall–Kier alpha value is -1.45. The van der Waals surface area contributed by atoms with Crippen molar-refractivity contribution in [2.45, 2.75) is 13.5 Å². The third kappa shape index (κ3) is 1.19. The Labute approximate surface area is 64.4 Å². The van der Waals surface area contributed by atoms with Crippen LogP contribution >= 0.6 is 0 Å². The normalized spacial score (nSPS) is 9.91. The fraction of sp³-hybridized carbons (Fsp3) is 0.286. The summed E-state index contributed by atoms with van der Waals surface area (Å²) in [4.78, 5) is 11.2. The van der Waals surface area contributed by atoms with Crippen LogP contribution in [-0.4, -0.2) is 4.57 Å². The molecule has 0 atom stereocenters. The molecule has 60 valence electrons. The number of anilines is 2. The van der Waals surface area contributed by atoms with Crippen molar-refractivity contribution in [3.05, 3.63) is 22.6 Å². The molecule has 0 aliphatic heterocycles. The Bertz CT molecular complexity index is 316. The molecule has 0 aliphatic carbocycles. The lowest BCUT2D eigenvalue weighted by molar-refractivity contribution is 0.730. The number of nitrogens with zero attached hydrogens (tertiary/aromatic N) is 1. The Morgan fingerprint density at radius 3 is 2.73 bits per heavy atom. The van der Waals surface area contributed by atoms with Crippen LogP contribution in [0.1, 0.15) is 6.92 Å². The highest BCUT2D eigenvalue weighted by Crippen LogP contribution is 2.05. The molecule has 0 aliphatic rings. The molecule has 1 aromatic rings. The highest BCUT2D eigenvalue weighted by Gasteiger charge is 2.00. The van der Waals surface area contributed by atoms with E-state index in [1.165, 1.54) is 4.57 Å². The number of hydrogen-bond acceptors (Lipinski definition) is 3. The number of aryl methyl sites for hydroxylation is 1. The van der Waals surface area contributed by atoms with E-state index in [0.717, 1.165) is 0 Å². The monoisotopic (exact) mass is 153 g/mol. The number of hydrogen-bond donors (Lipinski definition) is 2. The van der Waals surface area contributed by atoms with E-state index in [9.17, 15) is 4.79 Å². The van der Waals surface area contributed by atoms with Crippen molar-refractivity contribution in [3.63, 3.8) is 0 Å². The first-order chi connectivity index (χ1) is 5.16. The van der Waals surface area contributed by atoms with Gasteiger partial charge in [-0.1, -0.05) is 0 Å². The molecule has 0 saturated heterocycles. The van der Waals surface area contributed by atoms with E-state index in [2.05, 4.69) is 0 Å². The molecule has 0 saturated carbocycles. The first kappa shape index (κ1) is 7.65. The lowest BCUT2D eigenvalue weighted by Gasteiger charge is -2.03. The van der Waals surface area contributed by atoms with Crippen LogP contribution in [0.25, 0.3) is 0 Å². The minimum absolute atomic E-state index is 0.134. The first-order valence-corrected chi connectivity index (χ1v) is 3.41. The summed E-state index contributed by atoms with van der Waals surface area (Å²) in [5, 5.41) is 0. The van der Waals surface area contributed by atoms with Crippen molar-refractivity contribution in [1.82, 2.24) is 4.57 Å². The zero-order valence-electron chi connectivity index (χ0n) is 6.37. The van der Waals surface area contributed by atoms with Gasteiger partial charge >= 0.3 is 0 Å². The topological polar surface area (TPSA) is 74.0 Å². The fourth-order valence-electron chi connectivity index (χ4n) is 0.855. The zero-order chi connectivity index (χ0) is 8.43. The van der Waals surface area contributed by atoms with E-state index in [0.29, 0.717) is 12.2 Å². The van der Waals surface area contributed by atoms with Crippen LogP contribution in [0.15, 0.2) is 17.1 Å². The quantitative estimate of drug-likeness (QED) is 0.597. The van der Waals surface area contributed by atoms with E-state index < -0.39 is 0 Å². The van der Waals surface area contributed by atoms with Crippen LogP contribution < -0.4 is 17.0 Å². The first-order valence-electron chi connectivity index (χ1n) is 3.41. The molecule has 1 aromatic heterocycles. The summed E-state index contributed by atoms with van der Waals surface area (Å²) in [5.74, 6) is 0. The van der Waals surface area contributed by atoms with Gasteiger partial charge in [0.25, 0.3) is 5.56 Å². The maximum absolute atomic E-state index is 11.2. The van der Waals surface area contributed by atoms with Crippen LogP contribution in [0.2, 0.25) is 0 Å². The summed E-state index contributed by atoms with van der Waals surface area (Å²) < 4.78 is 1.51. The number of nitrogen functional groups attached to an aromatic ring is 2. The predicted molar refractivity (Wildman–Crippen MR) is 45.2 cm³/mol. The molecule has 4 N–H and O–H groups in total. The van der Waals surface area contributed by atoms with Crippen LogP contribution in [0, 0.1) is 0 Å². The SMILES string of the molecule is CCn1ccc(N)c(N)c1=O. The maximum Gasteiger partial charge on any atom is 0.275 e. The molecule has 0 spiro atoms. The summed E-state index contributed by atoms with van der Waals surface area (Å²) >= 11 is 0. The van der Waals surface area contributed by atoms with Crippen molar-refractivity contribution in [3.8, 4) is 0 Å². The minimum atomic E-state index is -0.215. The molecule has 1 heterocycles. The molecule has 0 radical (unpaired) electrons. The average molecular weight is 153 g/mol. The van der Waals surface area contributed by atoms with Crippen molar-refractivity contribution >= 4 is 11.4 Å². The Kier molecular flexibility index (Phi) is 1.85. The lowest BCUT2D eigenvalue weighted by atomic mass is 10.3. The smallest absolute Gasteiger partial charge is 0.275 e. The summed E-state index contributed by atoms with van der Waals surface area (Å²) in [6, 6.07) is 1.63. The van der Waals surface area contributed by atoms with Gasteiger partial charge in [0.2, 0.25) is 0 Å². The highest BCUT2D eigenvalue weighted by atomic mass is 16.1. The van der Waals surface area contributed by atoms with Gasteiger partial charge in [0.1, 0.15) is 5.69 Å². The number of pyridine rings is 1. The number of rotatable bonds is 1. The van der Waals surface area contributed by atoms with E-state index in [1.54, 1.807) is 12.3 Å². The summed E-state index contributed by atoms with van der Waals surface area (Å²) in [6.07, 6.45) is 1.63. The number of aromatic nitrogens is 1. The van der Waals surface area contributed by atoms with E-state index in [4.69, 9.17) is 11.5 Å². The fourth-order valence-corrected chi connectivity index (χ4v) is 0.855. The Morgan fingerprint density at radius 1 is 1.55 bits per heavy atom. The summed E-state index contributed by atoms with van der Waals surface area (Å²) in [6.45, 7) is 2.49. The van der Waals surface area contributed by atoms with Gasteiger partial charge in [-0.3, -0.25) is 4.79 Å². The second-order valence-corrected chi connectivity index (χ2v) is 2.28. The lowest BCUT2D eigenvalue weighted by Crippen LogP contribution is -2.22. The molecule has 0 amide bonds. The van der Waals surface area contributed by atoms with Crippen molar-refractivity contribution < 1.29 is 0 Å². The maximum atomic E-state index is 11.2. The van der Waals surface area contributed by atoms with Gasteiger partial charge in [0.05, 0.1) is 5.69 Å². The molecular formula is C7H11N3O. The molecule has 0 unspecified atom stereocenters. The molecule has 1 rings (SSSR count). The van der Waals surface area contributed by atoms with E-state index in [1.807, 2.05) is 6.92 Å². The van der Waals surface area contributed by atoms with Crippen LogP contribution in [-0.2, 0) is 6.54 Å². The molecule has 0 bridgehead atoms. The van der Waals surface area contributed by atoms with Gasteiger partial charge in [-0.15, -0.1) is 0 Å². The average Bonchev–Trinajstić information content (AvgIpc) is 2.01. The van der Waals surface area contributed by atoms with Crippen molar-refractivity contribution in [2.24, 2.45) is 0 Å². The van der Waals surface area contributed by atoms with Gasteiger partial charge in [-0.2, -0.15) is 0 Å². The molecule has 0 fully saturated rings. The van der Waals surface area contributed by atoms with Gasteiger partial charge < -0.3 is 16.0 Å². The standard InChI is InChI=1S/C7H11N3O/c1-2-10-4-3-5(8)6(9)7(10)11/h3-4H,2,8-9H2,1H3. The molecule has 4 heteroatoms. The Morgan fingerprint density at radius 2 is 2.18 bits per heavy atom. The second kappa shape index (κ2) is 2.65. The minimum Gasteiger partial charge on any atom is -0.397 e. The van der Waals surface area contributed by atoms with Gasteiger partial charge in [0, 0.05) is 12.7 Å². The van der Waals surface area contributed by atoms with Crippen molar-refractivity contribution in [2.75, 3.05) is 11.5 Å². The third-order valence-electron chi connectivity index (χ3n) is 1.58. The van der Waals surface area contributed by atoms with Crippen molar-refractivity contribution in [1.29, 1.82) is 0 Å². The van der Waals surface area contributed by atoms with E-state index >= 15 is 0 Å². The van der Waals surface area contributed by atoms with Gasteiger partial charge in [-0.25, -0.2) is 0 Å². The van der Waals surface area contributed by atoms with Gasteiger partial charge in [-0.05, 0) is 13.0 Å². The van der Waals surface area contributed by atoms with Crippen LogP contribution in [0.3, 0.4) is 0 Å². The number of nitrogens with two attached hydrogens (primary N) is 2. The molecule has 11 heavy (non-hydrogen) atoms.